The molecule has 3 aromatic heterocycles. The lowest BCUT2D eigenvalue weighted by Gasteiger charge is -2.02. The number of hydrogen-bond acceptors (Lipinski definition) is 5. The third kappa shape index (κ3) is 2.93. The zero-order valence-electron chi connectivity index (χ0n) is 12.6. The molecule has 0 unspecified atom stereocenters. The van der Waals surface area contributed by atoms with Gasteiger partial charge in [-0.05, 0) is 24.6 Å². The number of hydrogen-bond donors (Lipinski definition) is 1. The summed E-state index contributed by atoms with van der Waals surface area (Å²) in [4.78, 5) is 9.60. The average molecular weight is 321 g/mol. The van der Waals surface area contributed by atoms with Crippen molar-refractivity contribution in [3.05, 3.63) is 66.1 Å². The molecule has 1 N–H and O–H groups in total. The predicted octanol–water partition coefficient (Wildman–Crippen LogP) is 3.77. The quantitative estimate of drug-likeness (QED) is 0.621. The molecule has 1 aromatic carbocycles. The molecule has 23 heavy (non-hydrogen) atoms. The smallest absolute Gasteiger partial charge is 0.214 e. The van der Waals surface area contributed by atoms with E-state index in [1.165, 1.54) is 11.1 Å². The number of aromatic nitrogens is 4. The molecule has 0 amide bonds. The number of imidazole rings is 1. The topological polar surface area (TPSA) is 55.1 Å². The SMILES string of the molecule is Cc1ccc(CNc2nn3cc(-c4cccnc4)nc3s2)cc1. The number of benzene rings is 1. The van der Waals surface area contributed by atoms with E-state index in [4.69, 9.17) is 0 Å². The van der Waals surface area contributed by atoms with Crippen LogP contribution < -0.4 is 5.32 Å². The molecule has 4 aromatic rings. The van der Waals surface area contributed by atoms with E-state index in [0.717, 1.165) is 27.9 Å². The molecule has 0 spiro atoms. The van der Waals surface area contributed by atoms with Crippen LogP contribution in [0.3, 0.4) is 0 Å². The highest BCUT2D eigenvalue weighted by atomic mass is 32.1. The zero-order chi connectivity index (χ0) is 15.6. The summed E-state index contributed by atoms with van der Waals surface area (Å²) < 4.78 is 1.81. The van der Waals surface area contributed by atoms with E-state index in [1.54, 1.807) is 17.5 Å². The maximum atomic E-state index is 4.61. The van der Waals surface area contributed by atoms with Gasteiger partial charge >= 0.3 is 0 Å². The molecule has 114 valence electrons. The first-order valence-corrected chi connectivity index (χ1v) is 8.15. The molecule has 0 saturated carbocycles. The Bertz CT molecular complexity index is 893. The first kappa shape index (κ1) is 13.9. The van der Waals surface area contributed by atoms with Gasteiger partial charge in [-0.3, -0.25) is 4.98 Å². The van der Waals surface area contributed by atoms with Crippen molar-refractivity contribution in [1.82, 2.24) is 19.6 Å². The zero-order valence-corrected chi connectivity index (χ0v) is 13.4. The summed E-state index contributed by atoms with van der Waals surface area (Å²) in [6.07, 6.45) is 5.50. The molecule has 5 nitrogen and oxygen atoms in total. The van der Waals surface area contributed by atoms with Gasteiger partial charge in [-0.25, -0.2) is 9.50 Å². The maximum Gasteiger partial charge on any atom is 0.214 e. The number of nitrogens with one attached hydrogen (secondary N) is 1. The van der Waals surface area contributed by atoms with Gasteiger partial charge in [0.2, 0.25) is 10.1 Å². The van der Waals surface area contributed by atoms with Crippen molar-refractivity contribution >= 4 is 21.4 Å². The molecule has 3 heterocycles. The Morgan fingerprint density at radius 1 is 1.17 bits per heavy atom. The second kappa shape index (κ2) is 5.81. The number of nitrogens with zero attached hydrogens (tertiary/aromatic N) is 4. The Morgan fingerprint density at radius 3 is 2.78 bits per heavy atom. The van der Waals surface area contributed by atoms with Gasteiger partial charge in [0.25, 0.3) is 0 Å². The van der Waals surface area contributed by atoms with Gasteiger partial charge in [0.15, 0.2) is 0 Å². The van der Waals surface area contributed by atoms with Crippen LogP contribution >= 0.6 is 11.3 Å². The van der Waals surface area contributed by atoms with Gasteiger partial charge in [0.1, 0.15) is 0 Å². The van der Waals surface area contributed by atoms with Crippen LogP contribution in [0.15, 0.2) is 55.0 Å². The first-order valence-electron chi connectivity index (χ1n) is 7.34. The highest BCUT2D eigenvalue weighted by molar-refractivity contribution is 7.20. The van der Waals surface area contributed by atoms with Crippen molar-refractivity contribution < 1.29 is 0 Å². The van der Waals surface area contributed by atoms with Crippen molar-refractivity contribution in [3.8, 4) is 11.3 Å². The largest absolute Gasteiger partial charge is 0.356 e. The molecule has 6 heteroatoms. The Labute approximate surface area is 137 Å². The lowest BCUT2D eigenvalue weighted by molar-refractivity contribution is 0.962. The molecule has 0 bridgehead atoms. The Hall–Kier alpha value is -2.73. The third-order valence-corrected chi connectivity index (χ3v) is 4.45. The van der Waals surface area contributed by atoms with Crippen LogP contribution in [0.5, 0.6) is 0 Å². The van der Waals surface area contributed by atoms with Crippen molar-refractivity contribution in [2.75, 3.05) is 5.32 Å². The summed E-state index contributed by atoms with van der Waals surface area (Å²) in [5.41, 5.74) is 4.39. The lowest BCUT2D eigenvalue weighted by Crippen LogP contribution is -1.99. The highest BCUT2D eigenvalue weighted by Crippen LogP contribution is 2.24. The van der Waals surface area contributed by atoms with E-state index in [9.17, 15) is 0 Å². The van der Waals surface area contributed by atoms with Crippen LogP contribution in [0.2, 0.25) is 0 Å². The summed E-state index contributed by atoms with van der Waals surface area (Å²) in [5, 5.41) is 8.75. The normalized spacial score (nSPS) is 11.0. The van der Waals surface area contributed by atoms with E-state index >= 15 is 0 Å². The lowest BCUT2D eigenvalue weighted by atomic mass is 10.1. The first-order chi connectivity index (χ1) is 11.3. The molecule has 0 aliphatic rings. The second-order valence-corrected chi connectivity index (χ2v) is 6.30. The van der Waals surface area contributed by atoms with Crippen molar-refractivity contribution in [3.63, 3.8) is 0 Å². The summed E-state index contributed by atoms with van der Waals surface area (Å²) >= 11 is 1.54. The summed E-state index contributed by atoms with van der Waals surface area (Å²) in [5.74, 6) is 0. The Morgan fingerprint density at radius 2 is 2.04 bits per heavy atom. The van der Waals surface area contributed by atoms with E-state index in [1.807, 2.05) is 29.0 Å². The van der Waals surface area contributed by atoms with Crippen molar-refractivity contribution in [2.24, 2.45) is 0 Å². The third-order valence-electron chi connectivity index (χ3n) is 3.56. The van der Waals surface area contributed by atoms with Gasteiger partial charge in [-0.2, -0.15) is 0 Å². The predicted molar refractivity (Wildman–Crippen MR) is 92.6 cm³/mol. The molecule has 0 aliphatic heterocycles. The van der Waals surface area contributed by atoms with Crippen LogP contribution in [0, 0.1) is 6.92 Å². The van der Waals surface area contributed by atoms with E-state index in [-0.39, 0.29) is 0 Å². The fourth-order valence-electron chi connectivity index (χ4n) is 2.31. The molecule has 0 saturated heterocycles. The van der Waals surface area contributed by atoms with E-state index in [0.29, 0.717) is 0 Å². The standard InChI is InChI=1S/C17H15N5S/c1-12-4-6-13(7-5-12)9-19-16-21-22-11-15(20-17(22)23-16)14-3-2-8-18-10-14/h2-8,10-11H,9H2,1H3,(H,19,21). The van der Waals surface area contributed by atoms with Gasteiger partial charge in [0.05, 0.1) is 11.9 Å². The van der Waals surface area contributed by atoms with E-state index in [2.05, 4.69) is 51.6 Å². The van der Waals surface area contributed by atoms with Gasteiger partial charge in [-0.1, -0.05) is 41.2 Å². The van der Waals surface area contributed by atoms with Crippen LogP contribution in [-0.4, -0.2) is 19.6 Å². The molecule has 0 atom stereocenters. The van der Waals surface area contributed by atoms with Gasteiger partial charge < -0.3 is 5.32 Å². The minimum Gasteiger partial charge on any atom is -0.356 e. The number of aryl methyl sites for hydroxylation is 1. The van der Waals surface area contributed by atoms with Crippen LogP contribution in [0.25, 0.3) is 16.2 Å². The molecule has 0 aliphatic carbocycles. The second-order valence-electron chi connectivity index (χ2n) is 5.34. The van der Waals surface area contributed by atoms with Crippen molar-refractivity contribution in [1.29, 1.82) is 0 Å². The molecular formula is C17H15N5S. The highest BCUT2D eigenvalue weighted by Gasteiger charge is 2.09. The summed E-state index contributed by atoms with van der Waals surface area (Å²) in [6, 6.07) is 12.4. The summed E-state index contributed by atoms with van der Waals surface area (Å²) in [7, 11) is 0. The van der Waals surface area contributed by atoms with E-state index < -0.39 is 0 Å². The number of anilines is 1. The molecule has 0 fully saturated rings. The fourth-order valence-corrected chi connectivity index (χ4v) is 3.09. The molecule has 0 radical (unpaired) electrons. The van der Waals surface area contributed by atoms with Crippen LogP contribution in [-0.2, 0) is 6.54 Å². The summed E-state index contributed by atoms with van der Waals surface area (Å²) in [6.45, 7) is 2.85. The number of pyridine rings is 1. The Kier molecular flexibility index (Phi) is 3.51. The Balaban J connectivity index is 1.51. The minimum atomic E-state index is 0.756. The van der Waals surface area contributed by atoms with Crippen molar-refractivity contribution in [2.45, 2.75) is 13.5 Å². The van der Waals surface area contributed by atoms with Gasteiger partial charge in [-0.15, -0.1) is 5.10 Å². The molecule has 4 rings (SSSR count). The maximum absolute atomic E-state index is 4.61. The number of fused-ring (bicyclic) bond motifs is 1. The number of rotatable bonds is 4. The van der Waals surface area contributed by atoms with Gasteiger partial charge in [0, 0.05) is 24.5 Å². The average Bonchev–Trinajstić information content (AvgIpc) is 3.14. The van der Waals surface area contributed by atoms with Crippen LogP contribution in [0.1, 0.15) is 11.1 Å². The minimum absolute atomic E-state index is 0.756. The molecular weight excluding hydrogens is 306 g/mol. The monoisotopic (exact) mass is 321 g/mol. The fraction of sp³-hybridized carbons (Fsp3) is 0.118. The van der Waals surface area contributed by atoms with Crippen LogP contribution in [0.4, 0.5) is 5.13 Å².